The van der Waals surface area contributed by atoms with Crippen molar-refractivity contribution in [1.82, 2.24) is 4.90 Å². The van der Waals surface area contributed by atoms with E-state index in [1.165, 1.54) is 0 Å². The summed E-state index contributed by atoms with van der Waals surface area (Å²) in [6, 6.07) is 9.80. The second kappa shape index (κ2) is 6.07. The molecule has 2 unspecified atom stereocenters. The van der Waals surface area contributed by atoms with Crippen LogP contribution in [0.15, 0.2) is 30.3 Å². The van der Waals surface area contributed by atoms with Crippen molar-refractivity contribution < 1.29 is 25.8 Å². The molecule has 1 aromatic carbocycles. The van der Waals surface area contributed by atoms with Gasteiger partial charge in [-0.2, -0.15) is 21.6 Å². The summed E-state index contributed by atoms with van der Waals surface area (Å²) in [5.74, 6) is -0.343. The molecule has 1 saturated heterocycles. The van der Waals surface area contributed by atoms with E-state index in [-0.39, 0.29) is 11.8 Å². The molecule has 4 nitrogen and oxygen atoms in total. The first kappa shape index (κ1) is 16.7. The van der Waals surface area contributed by atoms with Crippen LogP contribution in [0.25, 0.3) is 0 Å². The van der Waals surface area contributed by atoms with E-state index in [2.05, 4.69) is 9.08 Å². The van der Waals surface area contributed by atoms with Gasteiger partial charge in [-0.3, -0.25) is 9.08 Å². The molecule has 23 heavy (non-hydrogen) atoms. The van der Waals surface area contributed by atoms with E-state index in [9.17, 15) is 21.6 Å². The van der Waals surface area contributed by atoms with Gasteiger partial charge >= 0.3 is 15.6 Å². The van der Waals surface area contributed by atoms with Crippen molar-refractivity contribution >= 4 is 10.1 Å². The number of hydrogen-bond acceptors (Lipinski definition) is 4. The van der Waals surface area contributed by atoms with Gasteiger partial charge in [-0.15, -0.1) is 0 Å². The van der Waals surface area contributed by atoms with E-state index in [1.54, 1.807) is 0 Å². The van der Waals surface area contributed by atoms with Gasteiger partial charge in [-0.25, -0.2) is 0 Å². The molecule has 1 aromatic rings. The van der Waals surface area contributed by atoms with E-state index in [4.69, 9.17) is 0 Å². The highest BCUT2D eigenvalue weighted by Gasteiger charge is 2.53. The number of alkyl halides is 3. The topological polar surface area (TPSA) is 46.6 Å². The summed E-state index contributed by atoms with van der Waals surface area (Å²) in [6.07, 6.45) is 0.552. The first-order chi connectivity index (χ1) is 10.8. The van der Waals surface area contributed by atoms with Gasteiger partial charge in [0.15, 0.2) is 0 Å². The molecule has 2 fully saturated rings. The third-order valence-corrected chi connectivity index (χ3v) is 5.64. The number of piperidine rings is 1. The standard InChI is InChI=1S/C15H18F3NO3S/c16-15(17,18)23(20,21)22-14-12-6-7-13(14)10-19(9-12)8-11-4-2-1-3-5-11/h1-5,12-14H,6-10H2. The van der Waals surface area contributed by atoms with Crippen LogP contribution in [0.1, 0.15) is 18.4 Å². The van der Waals surface area contributed by atoms with E-state index in [0.29, 0.717) is 32.5 Å². The molecule has 1 aliphatic heterocycles. The van der Waals surface area contributed by atoms with Crippen LogP contribution < -0.4 is 0 Å². The van der Waals surface area contributed by atoms with Crippen LogP contribution in [0.2, 0.25) is 0 Å². The van der Waals surface area contributed by atoms with Crippen LogP contribution >= 0.6 is 0 Å². The largest absolute Gasteiger partial charge is 0.523 e. The van der Waals surface area contributed by atoms with Crippen LogP contribution in [-0.4, -0.2) is 38.0 Å². The van der Waals surface area contributed by atoms with Gasteiger partial charge in [-0.1, -0.05) is 30.3 Å². The highest BCUT2D eigenvalue weighted by molar-refractivity contribution is 7.87. The lowest BCUT2D eigenvalue weighted by molar-refractivity contribution is -0.0646. The quantitative estimate of drug-likeness (QED) is 0.619. The fourth-order valence-corrected chi connectivity index (χ4v) is 4.31. The van der Waals surface area contributed by atoms with E-state index >= 15 is 0 Å². The summed E-state index contributed by atoms with van der Waals surface area (Å²) >= 11 is 0. The van der Waals surface area contributed by atoms with Gasteiger partial charge in [0.1, 0.15) is 0 Å². The maximum absolute atomic E-state index is 12.5. The molecule has 1 saturated carbocycles. The number of nitrogens with zero attached hydrogens (tertiary/aromatic N) is 1. The Hall–Kier alpha value is -1.12. The highest BCUT2D eigenvalue weighted by atomic mass is 32.2. The second-order valence-electron chi connectivity index (χ2n) is 6.24. The lowest BCUT2D eigenvalue weighted by Crippen LogP contribution is -2.47. The smallest absolute Gasteiger partial charge is 0.298 e. The van der Waals surface area contributed by atoms with Crippen LogP contribution in [0, 0.1) is 11.8 Å². The summed E-state index contributed by atoms with van der Waals surface area (Å²) in [7, 11) is -5.52. The number of halogens is 3. The summed E-state index contributed by atoms with van der Waals surface area (Å²) in [4.78, 5) is 2.16. The predicted molar refractivity (Wildman–Crippen MR) is 77.8 cm³/mol. The normalized spacial score (nSPS) is 28.9. The molecule has 2 atom stereocenters. The third-order valence-electron chi connectivity index (χ3n) is 4.59. The molecule has 1 heterocycles. The zero-order valence-electron chi connectivity index (χ0n) is 12.4. The average molecular weight is 349 g/mol. The Kier molecular flexibility index (Phi) is 4.41. The van der Waals surface area contributed by atoms with Gasteiger partial charge in [-0.05, 0) is 30.2 Å². The molecule has 2 bridgehead atoms. The van der Waals surface area contributed by atoms with Crippen molar-refractivity contribution in [2.45, 2.75) is 31.0 Å². The fourth-order valence-electron chi connectivity index (χ4n) is 3.60. The van der Waals surface area contributed by atoms with Crippen molar-refractivity contribution in [2.75, 3.05) is 13.1 Å². The minimum atomic E-state index is -5.52. The van der Waals surface area contributed by atoms with Gasteiger partial charge < -0.3 is 0 Å². The minimum absolute atomic E-state index is 0.172. The SMILES string of the molecule is O=S(=O)(OC1C2CCC1CN(Cc1ccccc1)C2)C(F)(F)F. The zero-order chi connectivity index (χ0) is 16.7. The summed E-state index contributed by atoms with van der Waals surface area (Å²) in [6.45, 7) is 1.83. The fraction of sp³-hybridized carbons (Fsp3) is 0.600. The summed E-state index contributed by atoms with van der Waals surface area (Å²) in [5, 5.41) is 0. The predicted octanol–water partition coefficient (Wildman–Crippen LogP) is 2.76. The average Bonchev–Trinajstić information content (AvgIpc) is 2.70. The molecule has 0 N–H and O–H groups in total. The van der Waals surface area contributed by atoms with Crippen molar-refractivity contribution in [3.8, 4) is 0 Å². The maximum atomic E-state index is 12.5. The lowest BCUT2D eigenvalue weighted by Gasteiger charge is -2.37. The van der Waals surface area contributed by atoms with Crippen LogP contribution in [0.4, 0.5) is 13.2 Å². The zero-order valence-corrected chi connectivity index (χ0v) is 13.2. The van der Waals surface area contributed by atoms with Gasteiger partial charge in [0, 0.05) is 19.6 Å². The van der Waals surface area contributed by atoms with Crippen LogP contribution in [0.5, 0.6) is 0 Å². The number of benzene rings is 1. The Balaban J connectivity index is 1.66. The molecular weight excluding hydrogens is 331 g/mol. The van der Waals surface area contributed by atoms with E-state index in [1.807, 2.05) is 30.3 Å². The molecule has 128 valence electrons. The van der Waals surface area contributed by atoms with Crippen LogP contribution in [-0.2, 0) is 20.8 Å². The second-order valence-corrected chi connectivity index (χ2v) is 7.80. The third kappa shape index (κ3) is 3.54. The maximum Gasteiger partial charge on any atom is 0.523 e. The van der Waals surface area contributed by atoms with Gasteiger partial charge in [0.2, 0.25) is 0 Å². The molecule has 0 spiro atoms. The molecule has 8 heteroatoms. The van der Waals surface area contributed by atoms with Crippen LogP contribution in [0.3, 0.4) is 0 Å². The lowest BCUT2D eigenvalue weighted by atomic mass is 9.95. The van der Waals surface area contributed by atoms with Crippen molar-refractivity contribution in [2.24, 2.45) is 11.8 Å². The molecule has 0 amide bonds. The first-order valence-electron chi connectivity index (χ1n) is 7.52. The Morgan fingerprint density at radius 2 is 1.65 bits per heavy atom. The molecule has 0 radical (unpaired) electrons. The Morgan fingerprint density at radius 3 is 2.17 bits per heavy atom. The van der Waals surface area contributed by atoms with Crippen molar-refractivity contribution in [1.29, 1.82) is 0 Å². The summed E-state index contributed by atoms with van der Waals surface area (Å²) in [5.41, 5.74) is -4.22. The monoisotopic (exact) mass is 349 g/mol. The molecular formula is C15H18F3NO3S. The number of hydrogen-bond donors (Lipinski definition) is 0. The molecule has 3 rings (SSSR count). The molecule has 0 aromatic heterocycles. The Labute approximate surface area is 133 Å². The van der Waals surface area contributed by atoms with Crippen molar-refractivity contribution in [3.05, 3.63) is 35.9 Å². The Morgan fingerprint density at radius 1 is 1.09 bits per heavy atom. The molecule has 1 aliphatic carbocycles. The molecule has 2 aliphatic rings. The minimum Gasteiger partial charge on any atom is -0.298 e. The summed E-state index contributed by atoms with van der Waals surface area (Å²) < 4.78 is 64.6. The number of rotatable bonds is 4. The first-order valence-corrected chi connectivity index (χ1v) is 8.93. The number of likely N-dealkylation sites (tertiary alicyclic amines) is 1. The highest BCUT2D eigenvalue weighted by Crippen LogP contribution is 2.41. The van der Waals surface area contributed by atoms with Gasteiger partial charge in [0.05, 0.1) is 6.10 Å². The van der Waals surface area contributed by atoms with Gasteiger partial charge in [0.25, 0.3) is 0 Å². The van der Waals surface area contributed by atoms with E-state index < -0.39 is 21.7 Å². The number of fused-ring (bicyclic) bond motifs is 2. The van der Waals surface area contributed by atoms with E-state index in [0.717, 1.165) is 5.56 Å². The van der Waals surface area contributed by atoms with Crippen molar-refractivity contribution in [3.63, 3.8) is 0 Å². The Bertz CT molecular complexity index is 634.